The van der Waals surface area contributed by atoms with Crippen molar-refractivity contribution < 1.29 is 17.9 Å². The van der Waals surface area contributed by atoms with Gasteiger partial charge in [0.15, 0.2) is 9.84 Å². The van der Waals surface area contributed by atoms with Crippen molar-refractivity contribution in [2.24, 2.45) is 0 Å². The van der Waals surface area contributed by atoms with Crippen LogP contribution in [0.1, 0.15) is 11.5 Å². The molecule has 2 aromatic heterocycles. The van der Waals surface area contributed by atoms with E-state index < -0.39 is 9.84 Å². The van der Waals surface area contributed by atoms with Crippen LogP contribution in [0, 0.1) is 6.92 Å². The number of nitrogen functional groups attached to an aromatic ring is 1. The van der Waals surface area contributed by atoms with E-state index in [4.69, 9.17) is 15.3 Å². The molecule has 172 valence electrons. The number of hydrogen-bond donors (Lipinski definition) is 3. The number of aryl methyl sites for hydroxylation is 1. The number of aromatic nitrogens is 4. The third-order valence-corrected chi connectivity index (χ3v) is 5.49. The van der Waals surface area contributed by atoms with Gasteiger partial charge in [-0.25, -0.2) is 13.4 Å². The number of aliphatic hydroxyl groups is 1. The molecule has 10 nitrogen and oxygen atoms in total. The largest absolute Gasteiger partial charge is 0.421 e. The summed E-state index contributed by atoms with van der Waals surface area (Å²) < 4.78 is 28.2. The number of nitrogens with zero attached hydrogens (tertiary/aromatic N) is 4. The fraction of sp³-hybridized carbons (Fsp3) is 0.182. The molecule has 0 saturated carbocycles. The van der Waals surface area contributed by atoms with Crippen molar-refractivity contribution in [2.75, 3.05) is 23.9 Å². The van der Waals surface area contributed by atoms with Gasteiger partial charge in [-0.05, 0) is 36.2 Å². The van der Waals surface area contributed by atoms with Crippen LogP contribution in [0.4, 0.5) is 17.5 Å². The molecule has 4 rings (SSSR count). The molecule has 11 heteroatoms. The van der Waals surface area contributed by atoms with Gasteiger partial charge in [0.05, 0.1) is 10.5 Å². The van der Waals surface area contributed by atoms with Crippen LogP contribution in [-0.2, 0) is 16.3 Å². The van der Waals surface area contributed by atoms with Crippen molar-refractivity contribution in [1.29, 1.82) is 0 Å². The Morgan fingerprint density at radius 2 is 1.76 bits per heavy atom. The average molecular weight is 469 g/mol. The average Bonchev–Trinajstić information content (AvgIpc) is 3.21. The first kappa shape index (κ1) is 23.8. The minimum absolute atomic E-state index is 0.184. The number of hydrogen-bond acceptors (Lipinski definition) is 10. The maximum atomic E-state index is 11.4. The lowest BCUT2D eigenvalue weighted by Crippen LogP contribution is -2.02. The lowest BCUT2D eigenvalue weighted by Gasteiger charge is -2.07. The molecular formula is C22H24N6O4S. The molecule has 33 heavy (non-hydrogen) atoms. The minimum atomic E-state index is -3.24. The molecule has 0 aliphatic heterocycles. The van der Waals surface area contributed by atoms with Gasteiger partial charge < -0.3 is 20.6 Å². The van der Waals surface area contributed by atoms with Gasteiger partial charge in [-0.3, -0.25) is 0 Å². The number of sulfone groups is 1. The summed E-state index contributed by atoms with van der Waals surface area (Å²) in [5.74, 6) is 1.11. The van der Waals surface area contributed by atoms with Gasteiger partial charge in [0.25, 0.3) is 5.89 Å². The second-order valence-corrected chi connectivity index (χ2v) is 9.02. The molecule has 4 aromatic rings. The van der Waals surface area contributed by atoms with E-state index in [1.165, 1.54) is 23.9 Å². The SMILES string of the molecule is Cc1nnc(-c2cnc(Nc3ccc(S(C)(=O)=O)cc3)nc2N)o1.OCCc1ccccc1. The zero-order valence-electron chi connectivity index (χ0n) is 18.1. The van der Waals surface area contributed by atoms with Crippen LogP contribution >= 0.6 is 0 Å². The second-order valence-electron chi connectivity index (χ2n) is 7.00. The van der Waals surface area contributed by atoms with Crippen molar-refractivity contribution in [2.45, 2.75) is 18.2 Å². The lowest BCUT2D eigenvalue weighted by atomic mass is 10.2. The predicted molar refractivity (Wildman–Crippen MR) is 125 cm³/mol. The summed E-state index contributed by atoms with van der Waals surface area (Å²) in [6, 6.07) is 16.2. The van der Waals surface area contributed by atoms with Gasteiger partial charge in [0.2, 0.25) is 11.8 Å². The van der Waals surface area contributed by atoms with Crippen molar-refractivity contribution in [3.8, 4) is 11.5 Å². The summed E-state index contributed by atoms with van der Waals surface area (Å²) in [7, 11) is -3.24. The highest BCUT2D eigenvalue weighted by Crippen LogP contribution is 2.24. The predicted octanol–water partition coefficient (Wildman–Crippen LogP) is 2.79. The number of rotatable bonds is 6. The van der Waals surface area contributed by atoms with E-state index in [0.29, 0.717) is 17.1 Å². The smallest absolute Gasteiger partial charge is 0.253 e. The van der Waals surface area contributed by atoms with Crippen molar-refractivity contribution >= 4 is 27.3 Å². The maximum Gasteiger partial charge on any atom is 0.253 e. The quantitative estimate of drug-likeness (QED) is 0.384. The van der Waals surface area contributed by atoms with Gasteiger partial charge >= 0.3 is 0 Å². The number of aliphatic hydroxyl groups excluding tert-OH is 1. The number of nitrogens with two attached hydrogens (primary N) is 1. The van der Waals surface area contributed by atoms with Gasteiger partial charge in [-0.15, -0.1) is 10.2 Å². The monoisotopic (exact) mass is 468 g/mol. The Kier molecular flexibility index (Phi) is 7.70. The van der Waals surface area contributed by atoms with E-state index in [2.05, 4.69) is 25.5 Å². The highest BCUT2D eigenvalue weighted by molar-refractivity contribution is 7.90. The Morgan fingerprint density at radius 1 is 1.06 bits per heavy atom. The summed E-state index contributed by atoms with van der Waals surface area (Å²) in [5, 5.41) is 19.1. The molecule has 0 aliphatic rings. The summed E-state index contributed by atoms with van der Waals surface area (Å²) in [6.45, 7) is 1.91. The first-order valence-electron chi connectivity index (χ1n) is 9.91. The van der Waals surface area contributed by atoms with Gasteiger partial charge in [0, 0.05) is 31.7 Å². The summed E-state index contributed by atoms with van der Waals surface area (Å²) in [6.07, 6.45) is 3.39. The Bertz CT molecular complexity index is 1290. The molecule has 0 bridgehead atoms. The molecule has 0 spiro atoms. The number of nitrogens with one attached hydrogen (secondary N) is 1. The van der Waals surface area contributed by atoms with Crippen LogP contribution in [0.3, 0.4) is 0 Å². The standard InChI is InChI=1S/C14H14N6O3S.C8H10O/c1-8-19-20-13(23-8)11-7-16-14(18-12(11)15)17-9-3-5-10(6-4-9)24(2,21)22;9-7-6-8-4-2-1-3-5-8/h3-7H,1-2H3,(H3,15,16,17,18);1-5,9H,6-7H2. The molecule has 0 saturated heterocycles. The summed E-state index contributed by atoms with van der Waals surface area (Å²) in [4.78, 5) is 8.51. The molecule has 0 unspecified atom stereocenters. The van der Waals surface area contributed by atoms with E-state index in [9.17, 15) is 8.42 Å². The molecule has 0 aliphatic carbocycles. The van der Waals surface area contributed by atoms with Crippen LogP contribution in [0.15, 0.2) is 70.1 Å². The Hall–Kier alpha value is -3.83. The van der Waals surface area contributed by atoms with E-state index >= 15 is 0 Å². The fourth-order valence-electron chi connectivity index (χ4n) is 2.71. The topological polar surface area (TPSA) is 157 Å². The molecule has 2 heterocycles. The Morgan fingerprint density at radius 3 is 2.30 bits per heavy atom. The molecule has 4 N–H and O–H groups in total. The van der Waals surface area contributed by atoms with Gasteiger partial charge in [-0.1, -0.05) is 30.3 Å². The van der Waals surface area contributed by atoms with Gasteiger partial charge in [-0.2, -0.15) is 4.98 Å². The second kappa shape index (κ2) is 10.7. The first-order valence-corrected chi connectivity index (χ1v) is 11.8. The zero-order chi connectivity index (χ0) is 23.8. The third kappa shape index (κ3) is 6.82. The van der Waals surface area contributed by atoms with Crippen LogP contribution in [0.2, 0.25) is 0 Å². The highest BCUT2D eigenvalue weighted by Gasteiger charge is 2.13. The zero-order valence-corrected chi connectivity index (χ0v) is 19.0. The van der Waals surface area contributed by atoms with E-state index in [-0.39, 0.29) is 29.2 Å². The fourth-order valence-corrected chi connectivity index (χ4v) is 3.34. The lowest BCUT2D eigenvalue weighted by molar-refractivity contribution is 0.299. The molecule has 2 aromatic carbocycles. The van der Waals surface area contributed by atoms with Crippen molar-refractivity contribution in [3.05, 3.63) is 72.2 Å². The van der Waals surface area contributed by atoms with Crippen LogP contribution in [0.5, 0.6) is 0 Å². The third-order valence-electron chi connectivity index (χ3n) is 4.36. The number of anilines is 3. The molecule has 0 radical (unpaired) electrons. The maximum absolute atomic E-state index is 11.4. The Labute approximate surface area is 191 Å². The summed E-state index contributed by atoms with van der Waals surface area (Å²) >= 11 is 0. The van der Waals surface area contributed by atoms with E-state index in [1.807, 2.05) is 30.3 Å². The Balaban J connectivity index is 0.000000286. The minimum Gasteiger partial charge on any atom is -0.421 e. The van der Waals surface area contributed by atoms with Crippen molar-refractivity contribution in [1.82, 2.24) is 20.2 Å². The normalized spacial score (nSPS) is 10.9. The van der Waals surface area contributed by atoms with Gasteiger partial charge in [0.1, 0.15) is 5.82 Å². The first-order chi connectivity index (χ1) is 15.8. The molecular weight excluding hydrogens is 444 g/mol. The van der Waals surface area contributed by atoms with Crippen LogP contribution in [0.25, 0.3) is 11.5 Å². The summed E-state index contributed by atoms with van der Waals surface area (Å²) in [5.41, 5.74) is 8.16. The van der Waals surface area contributed by atoms with E-state index in [1.54, 1.807) is 19.1 Å². The number of benzene rings is 2. The van der Waals surface area contributed by atoms with E-state index in [0.717, 1.165) is 12.7 Å². The molecule has 0 fully saturated rings. The van der Waals surface area contributed by atoms with Crippen molar-refractivity contribution in [3.63, 3.8) is 0 Å². The molecule has 0 atom stereocenters. The van der Waals surface area contributed by atoms with Crippen LogP contribution < -0.4 is 11.1 Å². The van der Waals surface area contributed by atoms with Crippen LogP contribution in [-0.4, -0.2) is 46.6 Å². The highest BCUT2D eigenvalue weighted by atomic mass is 32.2. The molecule has 0 amide bonds.